The third-order valence-electron chi connectivity index (χ3n) is 5.18. The molecule has 7 nitrogen and oxygen atoms in total. The maximum Gasteiger partial charge on any atom is 0.257 e. The number of halogens is 3. The van der Waals surface area contributed by atoms with Gasteiger partial charge < -0.3 is 5.32 Å². The van der Waals surface area contributed by atoms with Crippen LogP contribution in [0, 0.1) is 13.8 Å². The van der Waals surface area contributed by atoms with Gasteiger partial charge in [0.1, 0.15) is 0 Å². The second kappa shape index (κ2) is 8.16. The zero-order valence-electron chi connectivity index (χ0n) is 16.4. The number of hydrogen-bond acceptors (Lipinski definition) is 5. The largest absolute Gasteiger partial charge is 0.322 e. The van der Waals surface area contributed by atoms with Crippen LogP contribution >= 0.6 is 11.6 Å². The molecule has 0 saturated heterocycles. The number of primary sulfonamides is 1. The SMILES string of the molecule is Cc1nc(C2CCC(F)(F)CC2)c(C(=O)Nc2ccnc(S(N)(=O)=O)c2)c(C)c1Cl. The van der Waals surface area contributed by atoms with Crippen molar-refractivity contribution in [2.24, 2.45) is 5.14 Å². The van der Waals surface area contributed by atoms with E-state index in [-0.39, 0.29) is 42.9 Å². The molecule has 2 aromatic heterocycles. The summed E-state index contributed by atoms with van der Waals surface area (Å²) in [5, 5.41) is 7.60. The van der Waals surface area contributed by atoms with Crippen molar-refractivity contribution in [3.63, 3.8) is 0 Å². The van der Waals surface area contributed by atoms with Crippen LogP contribution in [0.2, 0.25) is 5.02 Å². The molecule has 1 saturated carbocycles. The summed E-state index contributed by atoms with van der Waals surface area (Å²) in [7, 11) is -4.05. The van der Waals surface area contributed by atoms with Gasteiger partial charge >= 0.3 is 0 Å². The molecule has 0 unspecified atom stereocenters. The fraction of sp³-hybridized carbons (Fsp3) is 0.421. The molecule has 30 heavy (non-hydrogen) atoms. The van der Waals surface area contributed by atoms with Crippen molar-refractivity contribution in [2.45, 2.75) is 56.4 Å². The van der Waals surface area contributed by atoms with Gasteiger partial charge in [-0.05, 0) is 38.3 Å². The molecule has 0 bridgehead atoms. The Morgan fingerprint density at radius 1 is 1.30 bits per heavy atom. The van der Waals surface area contributed by atoms with Gasteiger partial charge in [0.05, 0.1) is 22.0 Å². The highest BCUT2D eigenvalue weighted by Crippen LogP contribution is 2.42. The number of aryl methyl sites for hydroxylation is 1. The molecule has 1 aliphatic carbocycles. The van der Waals surface area contributed by atoms with Gasteiger partial charge in [-0.2, -0.15) is 0 Å². The molecular weight excluding hydrogens is 438 g/mol. The van der Waals surface area contributed by atoms with Crippen molar-refractivity contribution in [1.29, 1.82) is 0 Å². The number of nitrogens with two attached hydrogens (primary N) is 1. The summed E-state index contributed by atoms with van der Waals surface area (Å²) < 4.78 is 50.2. The molecule has 1 aliphatic rings. The minimum atomic E-state index is -4.05. The van der Waals surface area contributed by atoms with E-state index in [0.717, 1.165) is 6.07 Å². The second-order valence-electron chi connectivity index (χ2n) is 7.41. The molecular formula is C19H21ClF2N4O3S. The van der Waals surface area contributed by atoms with Gasteiger partial charge in [-0.15, -0.1) is 0 Å². The van der Waals surface area contributed by atoms with Crippen LogP contribution in [0.4, 0.5) is 14.5 Å². The van der Waals surface area contributed by atoms with Crippen molar-refractivity contribution in [1.82, 2.24) is 9.97 Å². The number of hydrogen-bond donors (Lipinski definition) is 2. The number of aromatic nitrogens is 2. The summed E-state index contributed by atoms with van der Waals surface area (Å²) in [5.41, 5.74) is 1.78. The van der Waals surface area contributed by atoms with E-state index in [4.69, 9.17) is 16.7 Å². The van der Waals surface area contributed by atoms with Gasteiger partial charge in [0.25, 0.3) is 15.9 Å². The van der Waals surface area contributed by atoms with Crippen molar-refractivity contribution < 1.29 is 22.0 Å². The highest BCUT2D eigenvalue weighted by Gasteiger charge is 2.37. The molecule has 3 rings (SSSR count). The van der Waals surface area contributed by atoms with Crippen LogP contribution < -0.4 is 10.5 Å². The molecule has 0 aliphatic heterocycles. The van der Waals surface area contributed by atoms with Crippen molar-refractivity contribution in [3.8, 4) is 0 Å². The van der Waals surface area contributed by atoms with Gasteiger partial charge in [0.2, 0.25) is 5.92 Å². The summed E-state index contributed by atoms with van der Waals surface area (Å²) in [6, 6.07) is 2.54. The van der Waals surface area contributed by atoms with Crippen LogP contribution in [-0.4, -0.2) is 30.2 Å². The molecule has 1 amide bonds. The molecule has 2 heterocycles. The van der Waals surface area contributed by atoms with Crippen LogP contribution in [0.25, 0.3) is 0 Å². The number of alkyl halides is 2. The van der Waals surface area contributed by atoms with E-state index in [1.165, 1.54) is 12.3 Å². The van der Waals surface area contributed by atoms with Crippen molar-refractivity contribution in [2.75, 3.05) is 5.32 Å². The number of rotatable bonds is 4. The molecule has 0 spiro atoms. The van der Waals surface area contributed by atoms with Crippen LogP contribution in [0.5, 0.6) is 0 Å². The average molecular weight is 459 g/mol. The summed E-state index contributed by atoms with van der Waals surface area (Å²) >= 11 is 6.30. The number of carbonyl (C=O) groups excluding carboxylic acids is 1. The third kappa shape index (κ3) is 4.76. The Balaban J connectivity index is 1.98. The Morgan fingerprint density at radius 2 is 1.93 bits per heavy atom. The highest BCUT2D eigenvalue weighted by atomic mass is 35.5. The van der Waals surface area contributed by atoms with E-state index in [1.807, 2.05) is 0 Å². The quantitative estimate of drug-likeness (QED) is 0.720. The van der Waals surface area contributed by atoms with Gasteiger partial charge in [-0.25, -0.2) is 27.3 Å². The zero-order chi connectivity index (χ0) is 22.3. The summed E-state index contributed by atoms with van der Waals surface area (Å²) in [5.74, 6) is -3.59. The third-order valence-corrected chi connectivity index (χ3v) is 6.54. The van der Waals surface area contributed by atoms with Gasteiger partial charge in [-0.1, -0.05) is 11.6 Å². The first kappa shape index (κ1) is 22.5. The number of amides is 1. The lowest BCUT2D eigenvalue weighted by Gasteiger charge is -2.29. The Labute approximate surface area is 178 Å². The second-order valence-corrected chi connectivity index (χ2v) is 9.29. The van der Waals surface area contributed by atoms with Crippen molar-refractivity contribution in [3.05, 3.63) is 45.9 Å². The topological polar surface area (TPSA) is 115 Å². The Hall–Kier alpha value is -2.17. The van der Waals surface area contributed by atoms with Gasteiger partial charge in [0, 0.05) is 36.7 Å². The predicted octanol–water partition coefficient (Wildman–Crippen LogP) is 3.94. The minimum Gasteiger partial charge on any atom is -0.322 e. The van der Waals surface area contributed by atoms with Gasteiger partial charge in [-0.3, -0.25) is 9.78 Å². The van der Waals surface area contributed by atoms with E-state index in [9.17, 15) is 22.0 Å². The number of nitrogens with zero attached hydrogens (tertiary/aromatic N) is 2. The maximum absolute atomic E-state index is 13.6. The summed E-state index contributed by atoms with van der Waals surface area (Å²) in [4.78, 5) is 21.2. The first-order valence-electron chi connectivity index (χ1n) is 9.23. The molecule has 2 aromatic rings. The molecule has 0 radical (unpaired) electrons. The van der Waals surface area contributed by atoms with Gasteiger partial charge in [0.15, 0.2) is 5.03 Å². The number of nitrogens with one attached hydrogen (secondary N) is 1. The average Bonchev–Trinajstić information content (AvgIpc) is 2.65. The predicted molar refractivity (Wildman–Crippen MR) is 108 cm³/mol. The lowest BCUT2D eigenvalue weighted by Crippen LogP contribution is -2.26. The standard InChI is InChI=1S/C19H21ClF2N4O3S/c1-10-15(18(27)26-13-5-8-24-14(9-13)30(23,28)29)17(25-11(2)16(10)20)12-3-6-19(21,22)7-4-12/h5,8-9,12H,3-4,6-7H2,1-2H3,(H2,23,28,29)(H,24,26,27). The Bertz CT molecular complexity index is 1100. The van der Waals surface area contributed by atoms with Crippen LogP contribution in [0.15, 0.2) is 23.4 Å². The van der Waals surface area contributed by atoms with Crippen LogP contribution in [0.3, 0.4) is 0 Å². The van der Waals surface area contributed by atoms with Crippen molar-refractivity contribution >= 4 is 33.2 Å². The monoisotopic (exact) mass is 458 g/mol. The Morgan fingerprint density at radius 3 is 2.53 bits per heavy atom. The van der Waals surface area contributed by atoms with E-state index in [2.05, 4.69) is 15.3 Å². The summed E-state index contributed by atoms with van der Waals surface area (Å²) in [6.45, 7) is 3.36. The van der Waals surface area contributed by atoms with Crippen LogP contribution in [0.1, 0.15) is 58.9 Å². The van der Waals surface area contributed by atoms with E-state index in [1.54, 1.807) is 13.8 Å². The fourth-order valence-corrected chi connectivity index (χ4v) is 4.23. The highest BCUT2D eigenvalue weighted by molar-refractivity contribution is 7.89. The smallest absolute Gasteiger partial charge is 0.257 e. The normalized spacial score (nSPS) is 17.0. The number of pyridine rings is 2. The number of sulfonamides is 1. The lowest BCUT2D eigenvalue weighted by atomic mass is 9.82. The first-order chi connectivity index (χ1) is 13.9. The van der Waals surface area contributed by atoms with Crippen LogP contribution in [-0.2, 0) is 10.0 Å². The van der Waals surface area contributed by atoms with E-state index in [0.29, 0.717) is 22.0 Å². The number of anilines is 1. The van der Waals surface area contributed by atoms with E-state index >= 15 is 0 Å². The minimum absolute atomic E-state index is 0.163. The first-order valence-corrected chi connectivity index (χ1v) is 11.2. The molecule has 3 N–H and O–H groups in total. The molecule has 162 valence electrons. The molecule has 0 atom stereocenters. The molecule has 0 aromatic carbocycles. The van der Waals surface area contributed by atoms with E-state index < -0.39 is 26.9 Å². The molecule has 11 heteroatoms. The Kier molecular flexibility index (Phi) is 6.13. The fourth-order valence-electron chi connectivity index (χ4n) is 3.59. The zero-order valence-corrected chi connectivity index (χ0v) is 17.9. The maximum atomic E-state index is 13.6. The number of carbonyl (C=O) groups is 1. The summed E-state index contributed by atoms with van der Waals surface area (Å²) in [6.07, 6.45) is 1.05. The molecule has 1 fully saturated rings. The lowest BCUT2D eigenvalue weighted by molar-refractivity contribution is -0.0385.